The lowest BCUT2D eigenvalue weighted by Crippen LogP contribution is -2.42. The van der Waals surface area contributed by atoms with Gasteiger partial charge in [0.2, 0.25) is 0 Å². The van der Waals surface area contributed by atoms with Crippen molar-refractivity contribution in [1.29, 1.82) is 0 Å². The lowest BCUT2D eigenvalue weighted by atomic mass is 9.84. The molecule has 100 valence electrons. The number of rotatable bonds is 4. The van der Waals surface area contributed by atoms with Crippen molar-refractivity contribution in [2.75, 3.05) is 6.54 Å². The van der Waals surface area contributed by atoms with Crippen LogP contribution < -0.4 is 5.32 Å². The van der Waals surface area contributed by atoms with Crippen molar-refractivity contribution in [3.63, 3.8) is 0 Å². The van der Waals surface area contributed by atoms with Crippen LogP contribution in [0.4, 0.5) is 0 Å². The molecule has 1 aromatic carbocycles. The third-order valence-corrected chi connectivity index (χ3v) is 4.18. The summed E-state index contributed by atoms with van der Waals surface area (Å²) in [4.78, 5) is 0. The van der Waals surface area contributed by atoms with Crippen LogP contribution in [0.15, 0.2) is 24.3 Å². The molecule has 2 heteroatoms. The molecule has 18 heavy (non-hydrogen) atoms. The first kappa shape index (κ1) is 13.6. The largest absolute Gasteiger partial charge is 0.389 e. The second-order valence-corrected chi connectivity index (χ2v) is 5.74. The van der Waals surface area contributed by atoms with Crippen LogP contribution in [0.2, 0.25) is 0 Å². The van der Waals surface area contributed by atoms with Gasteiger partial charge in [-0.05, 0) is 37.8 Å². The van der Waals surface area contributed by atoms with Gasteiger partial charge in [0, 0.05) is 12.6 Å². The smallest absolute Gasteiger partial charge is 0.0771 e. The van der Waals surface area contributed by atoms with E-state index in [2.05, 4.69) is 43.4 Å². The highest BCUT2D eigenvalue weighted by Crippen LogP contribution is 2.28. The van der Waals surface area contributed by atoms with Crippen LogP contribution >= 0.6 is 0 Å². The summed E-state index contributed by atoms with van der Waals surface area (Å²) in [5.41, 5.74) is 2.17. The molecular formula is C16H25NO. The number of benzene rings is 1. The van der Waals surface area contributed by atoms with Gasteiger partial charge in [0.05, 0.1) is 5.60 Å². The average molecular weight is 247 g/mol. The lowest BCUT2D eigenvalue weighted by molar-refractivity contribution is 0.00299. The summed E-state index contributed by atoms with van der Waals surface area (Å²) in [6.45, 7) is 5.03. The Morgan fingerprint density at radius 3 is 2.56 bits per heavy atom. The number of hydrogen-bond acceptors (Lipinski definition) is 2. The highest BCUT2D eigenvalue weighted by Gasteiger charge is 2.29. The van der Waals surface area contributed by atoms with Crippen molar-refractivity contribution >= 4 is 0 Å². The summed E-state index contributed by atoms with van der Waals surface area (Å²) in [7, 11) is 0. The minimum atomic E-state index is -0.477. The highest BCUT2D eigenvalue weighted by molar-refractivity contribution is 5.28. The maximum Gasteiger partial charge on any atom is 0.0771 e. The van der Waals surface area contributed by atoms with E-state index in [1.165, 1.54) is 17.5 Å². The Morgan fingerprint density at radius 2 is 1.89 bits per heavy atom. The van der Waals surface area contributed by atoms with E-state index in [0.717, 1.165) is 25.7 Å². The number of hydrogen-bond donors (Lipinski definition) is 2. The van der Waals surface area contributed by atoms with Gasteiger partial charge in [0.25, 0.3) is 0 Å². The molecule has 0 bridgehead atoms. The number of aryl methyl sites for hydroxylation is 1. The van der Waals surface area contributed by atoms with Crippen molar-refractivity contribution in [2.45, 2.75) is 57.6 Å². The van der Waals surface area contributed by atoms with Gasteiger partial charge in [0.15, 0.2) is 0 Å². The molecule has 1 aliphatic rings. The molecule has 0 amide bonds. The molecule has 2 nitrogen and oxygen atoms in total. The van der Waals surface area contributed by atoms with Crippen molar-refractivity contribution in [3.05, 3.63) is 35.4 Å². The van der Waals surface area contributed by atoms with E-state index in [4.69, 9.17) is 0 Å². The first-order valence-electron chi connectivity index (χ1n) is 7.12. The summed E-state index contributed by atoms with van der Waals surface area (Å²) in [6.07, 6.45) is 5.49. The van der Waals surface area contributed by atoms with E-state index < -0.39 is 5.60 Å². The Labute approximate surface area is 110 Å². The molecule has 1 aliphatic carbocycles. The molecule has 0 aliphatic heterocycles. The maximum atomic E-state index is 10.5. The molecule has 1 fully saturated rings. The minimum Gasteiger partial charge on any atom is -0.389 e. The molecule has 0 aromatic heterocycles. The van der Waals surface area contributed by atoms with E-state index >= 15 is 0 Å². The predicted molar refractivity (Wildman–Crippen MR) is 75.6 cm³/mol. The fourth-order valence-corrected chi connectivity index (χ4v) is 2.91. The second kappa shape index (κ2) is 5.85. The summed E-state index contributed by atoms with van der Waals surface area (Å²) < 4.78 is 0. The third kappa shape index (κ3) is 3.33. The molecule has 0 spiro atoms. The van der Waals surface area contributed by atoms with Crippen LogP contribution in [0, 0.1) is 6.92 Å². The van der Waals surface area contributed by atoms with E-state index in [-0.39, 0.29) is 0 Å². The van der Waals surface area contributed by atoms with Crippen LogP contribution in [-0.4, -0.2) is 17.3 Å². The molecule has 1 saturated carbocycles. The Bertz CT molecular complexity index is 382. The fraction of sp³-hybridized carbons (Fsp3) is 0.625. The zero-order chi connectivity index (χ0) is 13.0. The molecule has 0 saturated heterocycles. The van der Waals surface area contributed by atoms with Gasteiger partial charge >= 0.3 is 0 Å². The van der Waals surface area contributed by atoms with Crippen molar-refractivity contribution in [1.82, 2.24) is 5.32 Å². The van der Waals surface area contributed by atoms with Gasteiger partial charge in [-0.2, -0.15) is 0 Å². The van der Waals surface area contributed by atoms with Crippen LogP contribution in [0.25, 0.3) is 0 Å². The van der Waals surface area contributed by atoms with Gasteiger partial charge in [-0.1, -0.05) is 43.5 Å². The minimum absolute atomic E-state index is 0.303. The zero-order valence-electron chi connectivity index (χ0n) is 11.6. The van der Waals surface area contributed by atoms with Gasteiger partial charge in [-0.15, -0.1) is 0 Å². The van der Waals surface area contributed by atoms with Crippen LogP contribution in [0.5, 0.6) is 0 Å². The van der Waals surface area contributed by atoms with E-state index in [0.29, 0.717) is 12.6 Å². The monoisotopic (exact) mass is 247 g/mol. The van der Waals surface area contributed by atoms with Crippen molar-refractivity contribution in [3.8, 4) is 0 Å². The average Bonchev–Trinajstić information content (AvgIpc) is 2.38. The van der Waals surface area contributed by atoms with Gasteiger partial charge < -0.3 is 10.4 Å². The SMILES string of the molecule is Cc1ccccc1[C@@H](C)NCC1(O)CCCCC1. The molecule has 0 radical (unpaired) electrons. The van der Waals surface area contributed by atoms with Gasteiger partial charge in [-0.25, -0.2) is 0 Å². The second-order valence-electron chi connectivity index (χ2n) is 5.74. The van der Waals surface area contributed by atoms with Crippen LogP contribution in [0.3, 0.4) is 0 Å². The Hall–Kier alpha value is -0.860. The summed E-state index contributed by atoms with van der Waals surface area (Å²) in [5, 5.41) is 14.0. The first-order valence-corrected chi connectivity index (χ1v) is 7.12. The van der Waals surface area contributed by atoms with Crippen molar-refractivity contribution < 1.29 is 5.11 Å². The highest BCUT2D eigenvalue weighted by atomic mass is 16.3. The standard InChI is InChI=1S/C16H25NO/c1-13-8-4-5-9-15(13)14(2)17-12-16(18)10-6-3-7-11-16/h4-5,8-9,14,17-18H,3,6-7,10-12H2,1-2H3/t14-/m1/s1. The number of aliphatic hydroxyl groups is 1. The Balaban J connectivity index is 1.92. The van der Waals surface area contributed by atoms with E-state index in [1.54, 1.807) is 0 Å². The molecule has 2 N–H and O–H groups in total. The van der Waals surface area contributed by atoms with Gasteiger partial charge in [-0.3, -0.25) is 0 Å². The Kier molecular flexibility index (Phi) is 4.41. The predicted octanol–water partition coefficient (Wildman–Crippen LogP) is 3.34. The van der Waals surface area contributed by atoms with Crippen LogP contribution in [-0.2, 0) is 0 Å². The quantitative estimate of drug-likeness (QED) is 0.855. The topological polar surface area (TPSA) is 32.3 Å². The fourth-order valence-electron chi connectivity index (χ4n) is 2.91. The molecule has 2 rings (SSSR count). The Morgan fingerprint density at radius 1 is 1.22 bits per heavy atom. The normalized spacial score (nSPS) is 20.6. The lowest BCUT2D eigenvalue weighted by Gasteiger charge is -2.33. The summed E-state index contributed by atoms with van der Waals surface area (Å²) in [5.74, 6) is 0. The van der Waals surface area contributed by atoms with Crippen LogP contribution in [0.1, 0.15) is 56.2 Å². The molecule has 1 aromatic rings. The van der Waals surface area contributed by atoms with Crippen molar-refractivity contribution in [2.24, 2.45) is 0 Å². The van der Waals surface area contributed by atoms with Gasteiger partial charge in [0.1, 0.15) is 0 Å². The zero-order valence-corrected chi connectivity index (χ0v) is 11.6. The molecule has 0 unspecified atom stereocenters. The summed E-state index contributed by atoms with van der Waals surface area (Å²) >= 11 is 0. The maximum absolute atomic E-state index is 10.5. The number of nitrogens with one attached hydrogen (secondary N) is 1. The molecular weight excluding hydrogens is 222 g/mol. The van der Waals surface area contributed by atoms with E-state index in [1.807, 2.05) is 0 Å². The van der Waals surface area contributed by atoms with E-state index in [9.17, 15) is 5.11 Å². The first-order chi connectivity index (χ1) is 8.61. The molecule has 0 heterocycles. The molecule has 1 atom stereocenters. The third-order valence-electron chi connectivity index (χ3n) is 4.18. The summed E-state index contributed by atoms with van der Waals surface area (Å²) in [6, 6.07) is 8.76.